The molecule has 150 valence electrons. The van der Waals surface area contributed by atoms with Gasteiger partial charge in [-0.3, -0.25) is 4.79 Å². The molecule has 2 aromatic rings. The van der Waals surface area contributed by atoms with Gasteiger partial charge < -0.3 is 5.32 Å². The number of anilines is 1. The number of carbonyl (C=O) groups excluding carboxylic acids is 1. The van der Waals surface area contributed by atoms with Gasteiger partial charge in [0, 0.05) is 23.2 Å². The fraction of sp³-hybridized carbons (Fsp3) is 0.381. The van der Waals surface area contributed by atoms with Crippen LogP contribution in [0, 0.1) is 19.8 Å². The average molecular weight is 465 g/mol. The van der Waals surface area contributed by atoms with Gasteiger partial charge in [0.1, 0.15) is 0 Å². The maximum absolute atomic E-state index is 12.9. The summed E-state index contributed by atoms with van der Waals surface area (Å²) in [6.07, 6.45) is 1.38. The molecular weight excluding hydrogens is 440 g/mol. The van der Waals surface area contributed by atoms with E-state index in [2.05, 4.69) is 21.2 Å². The lowest BCUT2D eigenvalue weighted by Crippen LogP contribution is -2.44. The first-order chi connectivity index (χ1) is 13.3. The molecule has 1 amide bonds. The molecule has 1 saturated heterocycles. The molecule has 1 atom stereocenters. The largest absolute Gasteiger partial charge is 0.326 e. The summed E-state index contributed by atoms with van der Waals surface area (Å²) in [7, 11) is -3.46. The standard InChI is InChI=1S/C21H25BrN2O3S/c1-15-6-3-4-7-18(15)14-28(26,27)24-11-5-8-17(13-24)21(25)23-19-9-10-20(22)16(2)12-19/h3-4,6-7,9-10,12,17H,5,8,11,13-14H2,1-2H3,(H,23,25)/t17-/m1/s1. The Morgan fingerprint density at radius 3 is 2.64 bits per heavy atom. The quantitative estimate of drug-likeness (QED) is 0.718. The number of halogens is 1. The molecule has 0 spiro atoms. The number of benzene rings is 2. The van der Waals surface area contributed by atoms with Crippen molar-refractivity contribution in [2.24, 2.45) is 5.92 Å². The Kier molecular flexibility index (Phi) is 6.58. The van der Waals surface area contributed by atoms with Crippen LogP contribution >= 0.6 is 15.9 Å². The first kappa shape index (κ1) is 21.0. The Bertz CT molecular complexity index is 975. The molecule has 5 nitrogen and oxygen atoms in total. The van der Waals surface area contributed by atoms with Gasteiger partial charge >= 0.3 is 0 Å². The van der Waals surface area contributed by atoms with Crippen LogP contribution in [0.4, 0.5) is 5.69 Å². The lowest BCUT2D eigenvalue weighted by atomic mass is 9.98. The zero-order chi connectivity index (χ0) is 20.3. The molecule has 3 rings (SSSR count). The summed E-state index contributed by atoms with van der Waals surface area (Å²) in [5.41, 5.74) is 3.52. The van der Waals surface area contributed by atoms with E-state index in [1.54, 1.807) is 0 Å². The third kappa shape index (κ3) is 5.01. The molecular formula is C21H25BrN2O3S. The van der Waals surface area contributed by atoms with Gasteiger partial charge in [0.2, 0.25) is 15.9 Å². The van der Waals surface area contributed by atoms with Gasteiger partial charge in [0.25, 0.3) is 0 Å². The van der Waals surface area contributed by atoms with Crippen LogP contribution in [0.25, 0.3) is 0 Å². The maximum Gasteiger partial charge on any atom is 0.228 e. The van der Waals surface area contributed by atoms with Crippen molar-refractivity contribution in [1.29, 1.82) is 0 Å². The number of rotatable bonds is 5. The van der Waals surface area contributed by atoms with Gasteiger partial charge in [-0.25, -0.2) is 12.7 Å². The van der Waals surface area contributed by atoms with Crippen molar-refractivity contribution in [3.63, 3.8) is 0 Å². The summed E-state index contributed by atoms with van der Waals surface area (Å²) in [5, 5.41) is 2.93. The van der Waals surface area contributed by atoms with Crippen molar-refractivity contribution < 1.29 is 13.2 Å². The van der Waals surface area contributed by atoms with E-state index in [4.69, 9.17) is 0 Å². The molecule has 7 heteroatoms. The first-order valence-electron chi connectivity index (χ1n) is 9.35. The normalized spacial score (nSPS) is 18.0. The number of hydrogen-bond acceptors (Lipinski definition) is 3. The second-order valence-corrected chi connectivity index (χ2v) is 10.2. The van der Waals surface area contributed by atoms with Crippen LogP contribution in [0.1, 0.15) is 29.5 Å². The molecule has 0 radical (unpaired) electrons. The van der Waals surface area contributed by atoms with Crippen LogP contribution in [0.3, 0.4) is 0 Å². The molecule has 2 aromatic carbocycles. The van der Waals surface area contributed by atoms with Crippen LogP contribution in [-0.2, 0) is 20.6 Å². The number of nitrogens with one attached hydrogen (secondary N) is 1. The van der Waals surface area contributed by atoms with Crippen molar-refractivity contribution in [1.82, 2.24) is 4.31 Å². The third-order valence-electron chi connectivity index (χ3n) is 5.17. The van der Waals surface area contributed by atoms with Crippen molar-refractivity contribution >= 4 is 37.5 Å². The van der Waals surface area contributed by atoms with Crippen molar-refractivity contribution in [2.45, 2.75) is 32.4 Å². The SMILES string of the molecule is Cc1cc(NC(=O)[C@@H]2CCCN(S(=O)(=O)Cc3ccccc3C)C2)ccc1Br. The fourth-order valence-corrected chi connectivity index (χ4v) is 5.40. The van der Waals surface area contributed by atoms with E-state index in [0.29, 0.717) is 19.4 Å². The number of nitrogens with zero attached hydrogens (tertiary/aromatic N) is 1. The number of sulfonamides is 1. The average Bonchev–Trinajstić information content (AvgIpc) is 2.66. The Morgan fingerprint density at radius 1 is 1.18 bits per heavy atom. The summed E-state index contributed by atoms with van der Waals surface area (Å²) >= 11 is 3.45. The lowest BCUT2D eigenvalue weighted by molar-refractivity contribution is -0.120. The first-order valence-corrected chi connectivity index (χ1v) is 11.8. The van der Waals surface area contributed by atoms with E-state index >= 15 is 0 Å². The van der Waals surface area contributed by atoms with Crippen molar-refractivity contribution in [3.8, 4) is 0 Å². The van der Waals surface area contributed by atoms with E-state index < -0.39 is 10.0 Å². The summed E-state index contributed by atoms with van der Waals surface area (Å²) in [4.78, 5) is 12.7. The van der Waals surface area contributed by atoms with Crippen molar-refractivity contribution in [3.05, 3.63) is 63.6 Å². The topological polar surface area (TPSA) is 66.5 Å². The van der Waals surface area contributed by atoms with Gasteiger partial charge in [-0.05, 0) is 61.6 Å². The van der Waals surface area contributed by atoms with Crippen LogP contribution in [0.15, 0.2) is 46.9 Å². The van der Waals surface area contributed by atoms with E-state index in [9.17, 15) is 13.2 Å². The predicted molar refractivity (Wildman–Crippen MR) is 116 cm³/mol. The molecule has 0 unspecified atom stereocenters. The summed E-state index contributed by atoms with van der Waals surface area (Å²) in [6.45, 7) is 4.57. The molecule has 0 saturated carbocycles. The van der Waals surface area contributed by atoms with Gasteiger partial charge in [-0.2, -0.15) is 0 Å². The minimum Gasteiger partial charge on any atom is -0.326 e. The fourth-order valence-electron chi connectivity index (χ4n) is 3.44. The highest BCUT2D eigenvalue weighted by atomic mass is 79.9. The Hall–Kier alpha value is -1.70. The Balaban J connectivity index is 1.68. The number of aryl methyl sites for hydroxylation is 2. The maximum atomic E-state index is 12.9. The second-order valence-electron chi connectivity index (χ2n) is 7.33. The van der Waals surface area contributed by atoms with Gasteiger partial charge in [0.05, 0.1) is 11.7 Å². The van der Waals surface area contributed by atoms with E-state index in [0.717, 1.165) is 26.9 Å². The van der Waals surface area contributed by atoms with Crippen LogP contribution in [0.5, 0.6) is 0 Å². The highest BCUT2D eigenvalue weighted by Gasteiger charge is 2.32. The van der Waals surface area contributed by atoms with Gasteiger partial charge in [-0.1, -0.05) is 40.2 Å². The van der Waals surface area contributed by atoms with E-state index in [-0.39, 0.29) is 24.1 Å². The molecule has 1 N–H and O–H groups in total. The summed E-state index contributed by atoms with van der Waals surface area (Å²) < 4.78 is 28.3. The van der Waals surface area contributed by atoms with E-state index in [1.807, 2.05) is 56.3 Å². The highest BCUT2D eigenvalue weighted by Crippen LogP contribution is 2.25. The number of piperidine rings is 1. The minimum atomic E-state index is -3.46. The molecule has 1 heterocycles. The molecule has 1 aliphatic rings. The highest BCUT2D eigenvalue weighted by molar-refractivity contribution is 9.10. The second kappa shape index (κ2) is 8.76. The molecule has 28 heavy (non-hydrogen) atoms. The zero-order valence-electron chi connectivity index (χ0n) is 16.1. The van der Waals surface area contributed by atoms with E-state index in [1.165, 1.54) is 4.31 Å². The monoisotopic (exact) mass is 464 g/mol. The Morgan fingerprint density at radius 2 is 1.93 bits per heavy atom. The summed E-state index contributed by atoms with van der Waals surface area (Å²) in [5.74, 6) is -0.498. The molecule has 0 aliphatic carbocycles. The molecule has 0 aromatic heterocycles. The van der Waals surface area contributed by atoms with Crippen LogP contribution in [-0.4, -0.2) is 31.7 Å². The third-order valence-corrected chi connectivity index (χ3v) is 7.86. The van der Waals surface area contributed by atoms with Crippen LogP contribution < -0.4 is 5.32 Å². The number of hydrogen-bond donors (Lipinski definition) is 1. The summed E-state index contributed by atoms with van der Waals surface area (Å²) in [6, 6.07) is 13.1. The minimum absolute atomic E-state index is 0.0279. The Labute approximate surface area is 175 Å². The van der Waals surface area contributed by atoms with Gasteiger partial charge in [0.15, 0.2) is 0 Å². The van der Waals surface area contributed by atoms with Gasteiger partial charge in [-0.15, -0.1) is 0 Å². The molecule has 1 aliphatic heterocycles. The molecule has 0 bridgehead atoms. The smallest absolute Gasteiger partial charge is 0.228 e. The van der Waals surface area contributed by atoms with Crippen molar-refractivity contribution in [2.75, 3.05) is 18.4 Å². The molecule has 1 fully saturated rings. The lowest BCUT2D eigenvalue weighted by Gasteiger charge is -2.31. The zero-order valence-corrected chi connectivity index (χ0v) is 18.5. The van der Waals surface area contributed by atoms with Crippen LogP contribution in [0.2, 0.25) is 0 Å². The number of carbonyl (C=O) groups is 1. The predicted octanol–water partition coefficient (Wildman–Crippen LogP) is 4.25. The number of amides is 1.